The van der Waals surface area contributed by atoms with Crippen LogP contribution in [0.3, 0.4) is 0 Å². The van der Waals surface area contributed by atoms with Crippen LogP contribution in [-0.2, 0) is 44.8 Å². The van der Waals surface area contributed by atoms with Gasteiger partial charge >= 0.3 is 0 Å². The molecule has 0 saturated carbocycles. The molecule has 4 aromatic heterocycles. The van der Waals surface area contributed by atoms with Crippen LogP contribution in [0.25, 0.3) is 0 Å². The van der Waals surface area contributed by atoms with Crippen LogP contribution >= 0.6 is 0 Å². The number of amides is 4. The van der Waals surface area contributed by atoms with Gasteiger partial charge in [-0.2, -0.15) is 20.4 Å². The summed E-state index contributed by atoms with van der Waals surface area (Å²) in [6.45, 7) is 38.2. The largest absolute Gasteiger partial charge is 0.352 e. The molecule has 0 N–H and O–H groups in total. The molecule has 12 rings (SSSR count). The molecule has 4 aliphatic rings. The maximum atomic E-state index is 12.9. The monoisotopic (exact) mass is 1380 g/mol. The number of piperazine rings is 4. The summed E-state index contributed by atoms with van der Waals surface area (Å²) in [6.07, 6.45) is -0.690. The van der Waals surface area contributed by atoms with Crippen LogP contribution < -0.4 is 19.6 Å². The van der Waals surface area contributed by atoms with Crippen molar-refractivity contribution in [3.05, 3.63) is 213 Å². The number of benzene rings is 4. The third-order valence-corrected chi connectivity index (χ3v) is 19.3. The molecule has 2 atom stereocenters. The summed E-state index contributed by atoms with van der Waals surface area (Å²) in [5, 5.41) is 33.5. The second kappa shape index (κ2) is 36.8. The second-order valence-corrected chi connectivity index (χ2v) is 28.5. The summed E-state index contributed by atoms with van der Waals surface area (Å²) in [4.78, 5) is 67.0. The molecule has 0 unspecified atom stereocenters. The highest BCUT2D eigenvalue weighted by Gasteiger charge is 2.30. The van der Waals surface area contributed by atoms with Gasteiger partial charge in [0, 0.05) is 108 Å². The first kappa shape index (κ1) is 72.1. The predicted octanol–water partition coefficient (Wildman–Crippen LogP) is 12.0. The number of hydrogen-bond acceptors (Lipinski definition) is 16. The van der Waals surface area contributed by atoms with Crippen LogP contribution in [-0.4, -0.2) is 188 Å². The normalized spacial score (nSPS) is 17.0. The van der Waals surface area contributed by atoms with E-state index in [9.17, 15) is 19.2 Å². The molecule has 0 radical (unpaired) electrons. The third-order valence-electron chi connectivity index (χ3n) is 19.3. The number of carbonyl (C=O) groups excluding carboxylic acids is 4. The molecule has 20 nitrogen and oxygen atoms in total. The lowest BCUT2D eigenvalue weighted by atomic mass is 10.0. The number of nitrogens with zero attached hydrogens (tertiary/aromatic N) is 16. The molecule has 0 bridgehead atoms. The van der Waals surface area contributed by atoms with Crippen molar-refractivity contribution >= 4 is 46.9 Å². The minimum Gasteiger partial charge on any atom is -0.352 e. The van der Waals surface area contributed by atoms with E-state index < -0.39 is 18.2 Å². The van der Waals surface area contributed by atoms with Crippen LogP contribution in [0, 0.1) is 27.7 Å². The first-order chi connectivity index (χ1) is 50.0. The lowest BCUT2D eigenvalue weighted by Gasteiger charge is -2.40. The number of hydrogen-bond donors (Lipinski definition) is 0. The van der Waals surface area contributed by atoms with Crippen LogP contribution in [0.1, 0.15) is 164 Å². The van der Waals surface area contributed by atoms with Crippen molar-refractivity contribution < 1.29 is 23.3 Å². The summed E-state index contributed by atoms with van der Waals surface area (Å²) in [6, 6.07) is 48.1. The molecule has 0 aliphatic carbocycles. The Balaban J connectivity index is 0.000000162. The van der Waals surface area contributed by atoms with E-state index in [1.807, 2.05) is 90.9 Å². The van der Waals surface area contributed by atoms with Crippen LogP contribution in [0.15, 0.2) is 146 Å². The zero-order chi connectivity index (χ0) is 75.7. The zero-order valence-electron chi connectivity index (χ0n) is 65.6. The number of aromatic nitrogens is 8. The van der Waals surface area contributed by atoms with E-state index in [1.165, 1.54) is 16.7 Å². The van der Waals surface area contributed by atoms with Gasteiger partial charge in [0.05, 0.1) is 48.4 Å². The van der Waals surface area contributed by atoms with E-state index in [4.69, 9.17) is 4.11 Å². The number of aryl methyl sites for hydroxylation is 4. The molecule has 8 aromatic rings. The summed E-state index contributed by atoms with van der Waals surface area (Å²) in [5.41, 5.74) is 11.9. The first-order valence-electron chi connectivity index (χ1n) is 37.7. The minimum atomic E-state index is -2.10. The molecular weight excluding hydrogens is 1270 g/mol. The number of rotatable bonds is 16. The van der Waals surface area contributed by atoms with Crippen molar-refractivity contribution in [2.75, 3.05) is 111 Å². The van der Waals surface area contributed by atoms with Gasteiger partial charge in [-0.3, -0.25) is 19.2 Å². The fraction of sp³-hybridized carbons (Fsp3) is 0.463. The quantitative estimate of drug-likeness (QED) is 0.0884. The van der Waals surface area contributed by atoms with Gasteiger partial charge in [-0.25, -0.2) is 0 Å². The van der Waals surface area contributed by atoms with Gasteiger partial charge < -0.3 is 39.2 Å². The van der Waals surface area contributed by atoms with E-state index >= 15 is 0 Å². The molecule has 4 aliphatic heterocycles. The molecule has 4 aromatic carbocycles. The van der Waals surface area contributed by atoms with Gasteiger partial charge in [-0.15, -0.1) is 20.4 Å². The Kier molecular flexibility index (Phi) is 26.0. The molecule has 102 heavy (non-hydrogen) atoms. The van der Waals surface area contributed by atoms with Crippen LogP contribution in [0.2, 0.25) is 0 Å². The SMILES string of the molecule is Cc1ccc(N2CCN(C(=O)Cc3ccc(C(C)C)cc3)CC2)nn1.Cc1ccc(N2CCN(C(=O)Cc3ccc(C(C)C)cc3)C[C@@H]2C)nn1.Cc1ccc(N2CCN(C(=O)Cc3ccc(C(C)C)cc3)C[C@H]2C)nn1.[2H]C(C)(C)c1ccc(C([2H])([2H])C(=O)N2CCN(c3ccc(C)nn3)CC2)cc1. The van der Waals surface area contributed by atoms with Gasteiger partial charge in [-0.1, -0.05) is 152 Å². The van der Waals surface area contributed by atoms with Crippen molar-refractivity contribution in [1.29, 1.82) is 0 Å². The third kappa shape index (κ3) is 22.1. The molecule has 540 valence electrons. The molecule has 4 fully saturated rings. The topological polar surface area (TPSA) is 197 Å². The Labute approximate surface area is 610 Å². The maximum Gasteiger partial charge on any atom is 0.227 e. The summed E-state index contributed by atoms with van der Waals surface area (Å²) in [5.74, 6) is 4.29. The van der Waals surface area contributed by atoms with E-state index in [2.05, 4.69) is 189 Å². The first-order valence-corrected chi connectivity index (χ1v) is 36.2. The molecular formula is C82H108N16O4. The van der Waals surface area contributed by atoms with Gasteiger partial charge in [0.15, 0.2) is 23.3 Å². The fourth-order valence-corrected chi connectivity index (χ4v) is 12.6. The predicted molar refractivity (Wildman–Crippen MR) is 408 cm³/mol. The highest BCUT2D eigenvalue weighted by Crippen LogP contribution is 2.25. The fourth-order valence-electron chi connectivity index (χ4n) is 12.6. The van der Waals surface area contributed by atoms with Crippen molar-refractivity contribution in [3.63, 3.8) is 0 Å². The maximum absolute atomic E-state index is 12.9. The average molecular weight is 1380 g/mol. The van der Waals surface area contributed by atoms with Crippen molar-refractivity contribution in [2.45, 2.75) is 158 Å². The summed E-state index contributed by atoms with van der Waals surface area (Å²) < 4.78 is 24.8. The Morgan fingerprint density at radius 3 is 0.902 bits per heavy atom. The lowest BCUT2D eigenvalue weighted by molar-refractivity contribution is -0.132. The summed E-state index contributed by atoms with van der Waals surface area (Å²) in [7, 11) is 0. The lowest BCUT2D eigenvalue weighted by Crippen LogP contribution is -2.54. The molecule has 20 heteroatoms. The Bertz CT molecular complexity index is 3940. The highest BCUT2D eigenvalue weighted by molar-refractivity contribution is 5.81. The zero-order valence-corrected chi connectivity index (χ0v) is 62.6. The van der Waals surface area contributed by atoms with E-state index in [0.29, 0.717) is 68.8 Å². The molecule has 8 heterocycles. The highest BCUT2D eigenvalue weighted by atomic mass is 16.2. The number of anilines is 4. The Morgan fingerprint density at radius 2 is 0.618 bits per heavy atom. The smallest absolute Gasteiger partial charge is 0.227 e. The van der Waals surface area contributed by atoms with Crippen molar-refractivity contribution in [1.82, 2.24) is 60.4 Å². The van der Waals surface area contributed by atoms with E-state index in [1.54, 1.807) is 43.0 Å². The molecule has 4 amide bonds. The Hall–Kier alpha value is -9.72. The number of carbonyl (C=O) groups is 4. The van der Waals surface area contributed by atoms with Crippen LogP contribution in [0.4, 0.5) is 23.3 Å². The second-order valence-electron chi connectivity index (χ2n) is 28.5. The van der Waals surface area contributed by atoms with Crippen molar-refractivity contribution in [2.24, 2.45) is 0 Å². The summed E-state index contributed by atoms with van der Waals surface area (Å²) >= 11 is 0. The standard InChI is InChI=1S/2C21H28N4O.2C20H26N4O/c2*1-15(2)19-8-6-18(7-9-19)13-21(26)24-11-12-25(17(4)14-24)20-10-5-16(3)22-23-20;2*1-15(2)18-7-5-17(6-8-18)14-20(25)24-12-10-23(11-13-24)19-9-4-16(3)21-22-19/h2*5-10,15,17H,11-14H2,1-4H3;2*4-9,15H,10-14H2,1-3H3/t2*17-;;/m10../s1/i;;14D2,15D;. The van der Waals surface area contributed by atoms with Gasteiger partial charge in [0.25, 0.3) is 0 Å². The Morgan fingerprint density at radius 1 is 0.343 bits per heavy atom. The average Bonchev–Trinajstić information content (AvgIpc) is 0.796. The van der Waals surface area contributed by atoms with Crippen LogP contribution in [0.5, 0.6) is 0 Å². The van der Waals surface area contributed by atoms with Gasteiger partial charge in [0.1, 0.15) is 0 Å². The van der Waals surface area contributed by atoms with Gasteiger partial charge in [-0.05, 0) is 158 Å². The van der Waals surface area contributed by atoms with E-state index in [-0.39, 0.29) is 29.8 Å². The van der Waals surface area contributed by atoms with Gasteiger partial charge in [0.2, 0.25) is 23.6 Å². The van der Waals surface area contributed by atoms with E-state index in [0.717, 1.165) is 134 Å². The molecule has 4 saturated heterocycles. The minimum absolute atomic E-state index is 0.198. The van der Waals surface area contributed by atoms with Crippen molar-refractivity contribution in [3.8, 4) is 0 Å². The molecule has 0 spiro atoms.